The van der Waals surface area contributed by atoms with E-state index in [-0.39, 0.29) is 23.5 Å². The van der Waals surface area contributed by atoms with Crippen LogP contribution in [0.5, 0.6) is 0 Å². The van der Waals surface area contributed by atoms with Crippen molar-refractivity contribution in [2.24, 2.45) is 5.92 Å². The molecule has 1 aliphatic heterocycles. The minimum Gasteiger partial charge on any atom is -0.338 e. The second-order valence-electron chi connectivity index (χ2n) is 7.29. The first-order valence-corrected chi connectivity index (χ1v) is 11.8. The van der Waals surface area contributed by atoms with Gasteiger partial charge in [0.2, 0.25) is 5.91 Å². The molecule has 2 aromatic carbocycles. The topological polar surface area (TPSA) is 54.5 Å². The number of thioether (sulfide) groups is 1. The number of hydrogen-bond donors (Lipinski definition) is 0. The van der Waals surface area contributed by atoms with E-state index in [4.69, 9.17) is 0 Å². The van der Waals surface area contributed by atoms with E-state index >= 15 is 0 Å². The first-order valence-electron chi connectivity index (χ1n) is 8.95. The number of carbonyl (C=O) groups is 1. The molecule has 2 aromatic rings. The molecule has 1 atom stereocenters. The van der Waals surface area contributed by atoms with Gasteiger partial charge in [0.15, 0.2) is 9.84 Å². The zero-order valence-electron chi connectivity index (χ0n) is 15.2. The number of amides is 1. The van der Waals surface area contributed by atoms with Crippen LogP contribution in [0, 0.1) is 5.92 Å². The third-order valence-corrected chi connectivity index (χ3v) is 7.34. The van der Waals surface area contributed by atoms with Crippen LogP contribution in [0.1, 0.15) is 20.3 Å². The average Bonchev–Trinajstić information content (AvgIpc) is 2.97. The minimum atomic E-state index is -3.00. The van der Waals surface area contributed by atoms with Gasteiger partial charge in [0.05, 0.1) is 17.3 Å². The molecule has 0 N–H and O–H groups in total. The number of nitrogens with zero attached hydrogens (tertiary/aromatic N) is 1. The van der Waals surface area contributed by atoms with Crippen LogP contribution < -0.4 is 0 Å². The first-order chi connectivity index (χ1) is 12.3. The SMILES string of the molecule is CC(C)CN(C(=O)CSc1ccc2ccccc2c1)C1CCS(=O)(=O)C1. The van der Waals surface area contributed by atoms with Gasteiger partial charge in [-0.25, -0.2) is 8.42 Å². The Hall–Kier alpha value is -1.53. The lowest BCUT2D eigenvalue weighted by Crippen LogP contribution is -2.44. The molecule has 1 saturated heterocycles. The summed E-state index contributed by atoms with van der Waals surface area (Å²) in [6, 6.07) is 14.2. The van der Waals surface area contributed by atoms with Gasteiger partial charge in [-0.3, -0.25) is 4.79 Å². The zero-order valence-corrected chi connectivity index (χ0v) is 16.9. The van der Waals surface area contributed by atoms with Crippen LogP contribution in [0.3, 0.4) is 0 Å². The van der Waals surface area contributed by atoms with Crippen LogP contribution in [0.4, 0.5) is 0 Å². The lowest BCUT2D eigenvalue weighted by Gasteiger charge is -2.30. The molecule has 4 nitrogen and oxygen atoms in total. The average molecular weight is 392 g/mol. The molecule has 0 bridgehead atoms. The predicted molar refractivity (Wildman–Crippen MR) is 108 cm³/mol. The molecule has 0 saturated carbocycles. The Morgan fingerprint density at radius 2 is 1.92 bits per heavy atom. The van der Waals surface area contributed by atoms with Gasteiger partial charge in [-0.2, -0.15) is 0 Å². The van der Waals surface area contributed by atoms with Crippen molar-refractivity contribution in [3.8, 4) is 0 Å². The van der Waals surface area contributed by atoms with Crippen molar-refractivity contribution in [2.45, 2.75) is 31.2 Å². The van der Waals surface area contributed by atoms with E-state index in [2.05, 4.69) is 38.1 Å². The van der Waals surface area contributed by atoms with Crippen molar-refractivity contribution in [3.05, 3.63) is 42.5 Å². The highest BCUT2D eigenvalue weighted by molar-refractivity contribution is 8.00. The summed E-state index contributed by atoms with van der Waals surface area (Å²) in [5.74, 6) is 0.970. The van der Waals surface area contributed by atoms with E-state index in [1.54, 1.807) is 4.90 Å². The number of rotatable bonds is 6. The Bertz CT molecular complexity index is 893. The Morgan fingerprint density at radius 1 is 1.19 bits per heavy atom. The molecule has 3 rings (SSSR count). The molecule has 0 radical (unpaired) electrons. The summed E-state index contributed by atoms with van der Waals surface area (Å²) >= 11 is 1.52. The van der Waals surface area contributed by atoms with Gasteiger partial charge in [-0.15, -0.1) is 11.8 Å². The molecule has 1 fully saturated rings. The highest BCUT2D eigenvalue weighted by Gasteiger charge is 2.34. The third-order valence-electron chi connectivity index (χ3n) is 4.61. The lowest BCUT2D eigenvalue weighted by molar-refractivity contribution is -0.130. The Kier molecular flexibility index (Phi) is 5.92. The van der Waals surface area contributed by atoms with Crippen LogP contribution >= 0.6 is 11.8 Å². The van der Waals surface area contributed by atoms with Crippen LogP contribution in [0.2, 0.25) is 0 Å². The first kappa shape index (κ1) is 19.2. The van der Waals surface area contributed by atoms with Crippen LogP contribution in [-0.4, -0.2) is 49.1 Å². The van der Waals surface area contributed by atoms with Crippen molar-refractivity contribution in [2.75, 3.05) is 23.8 Å². The molecule has 1 heterocycles. The monoisotopic (exact) mass is 391 g/mol. The highest BCUT2D eigenvalue weighted by atomic mass is 32.2. The largest absolute Gasteiger partial charge is 0.338 e. The van der Waals surface area contributed by atoms with E-state index in [9.17, 15) is 13.2 Å². The summed E-state index contributed by atoms with van der Waals surface area (Å²) in [6.45, 7) is 4.72. The van der Waals surface area contributed by atoms with Gasteiger partial charge < -0.3 is 4.90 Å². The molecule has 0 spiro atoms. The summed E-state index contributed by atoms with van der Waals surface area (Å²) in [6.07, 6.45) is 0.557. The van der Waals surface area contributed by atoms with Crippen molar-refractivity contribution in [3.63, 3.8) is 0 Å². The van der Waals surface area contributed by atoms with E-state index in [0.29, 0.717) is 24.6 Å². The maximum atomic E-state index is 12.8. The van der Waals surface area contributed by atoms with Crippen molar-refractivity contribution in [1.82, 2.24) is 4.90 Å². The Morgan fingerprint density at radius 3 is 2.58 bits per heavy atom. The number of hydrogen-bond acceptors (Lipinski definition) is 4. The van der Waals surface area contributed by atoms with Crippen molar-refractivity contribution in [1.29, 1.82) is 0 Å². The van der Waals surface area contributed by atoms with Crippen LogP contribution in [-0.2, 0) is 14.6 Å². The smallest absolute Gasteiger partial charge is 0.233 e. The molecule has 1 aliphatic rings. The molecule has 0 aromatic heterocycles. The molecule has 0 aliphatic carbocycles. The van der Waals surface area contributed by atoms with Gasteiger partial charge in [-0.05, 0) is 35.2 Å². The fourth-order valence-electron chi connectivity index (χ4n) is 3.35. The molecule has 1 unspecified atom stereocenters. The quantitative estimate of drug-likeness (QED) is 0.706. The van der Waals surface area contributed by atoms with Gasteiger partial charge in [0.1, 0.15) is 0 Å². The Labute approximate surface area is 159 Å². The number of fused-ring (bicyclic) bond motifs is 1. The van der Waals surface area contributed by atoms with Crippen molar-refractivity contribution < 1.29 is 13.2 Å². The van der Waals surface area contributed by atoms with Crippen molar-refractivity contribution >= 4 is 38.3 Å². The zero-order chi connectivity index (χ0) is 18.7. The fraction of sp³-hybridized carbons (Fsp3) is 0.450. The second kappa shape index (κ2) is 8.01. The van der Waals surface area contributed by atoms with E-state index in [1.807, 2.05) is 18.2 Å². The number of carbonyl (C=O) groups excluding carboxylic acids is 1. The summed E-state index contributed by atoms with van der Waals surface area (Å²) in [7, 11) is -3.00. The maximum Gasteiger partial charge on any atom is 0.233 e. The fourth-order valence-corrected chi connectivity index (χ4v) is 5.92. The second-order valence-corrected chi connectivity index (χ2v) is 10.6. The van der Waals surface area contributed by atoms with Crippen LogP contribution in [0.25, 0.3) is 10.8 Å². The minimum absolute atomic E-state index is 0.0268. The van der Waals surface area contributed by atoms with Gasteiger partial charge in [0, 0.05) is 17.5 Å². The molecule has 1 amide bonds. The van der Waals surface area contributed by atoms with E-state index in [1.165, 1.54) is 17.1 Å². The lowest BCUT2D eigenvalue weighted by atomic mass is 10.1. The molecular formula is C20H25NO3S2. The highest BCUT2D eigenvalue weighted by Crippen LogP contribution is 2.25. The van der Waals surface area contributed by atoms with Gasteiger partial charge >= 0.3 is 0 Å². The number of benzene rings is 2. The standard InChI is InChI=1S/C20H25NO3S2/c1-15(2)12-21(18-9-10-26(23,24)14-18)20(22)13-25-19-8-7-16-5-3-4-6-17(16)11-19/h3-8,11,15,18H,9-10,12-14H2,1-2H3. The van der Waals surface area contributed by atoms with Crippen LogP contribution in [0.15, 0.2) is 47.4 Å². The summed E-state index contributed by atoms with van der Waals surface area (Å²) in [4.78, 5) is 15.7. The maximum absolute atomic E-state index is 12.8. The Balaban J connectivity index is 1.68. The summed E-state index contributed by atoms with van der Waals surface area (Å²) in [5, 5.41) is 2.34. The third kappa shape index (κ3) is 4.80. The molecule has 6 heteroatoms. The predicted octanol–water partition coefficient (Wildman–Crippen LogP) is 3.60. The molecular weight excluding hydrogens is 366 g/mol. The van der Waals surface area contributed by atoms with E-state index in [0.717, 1.165) is 10.3 Å². The summed E-state index contributed by atoms with van der Waals surface area (Å²) in [5.41, 5.74) is 0. The van der Waals surface area contributed by atoms with Gasteiger partial charge in [-0.1, -0.05) is 44.2 Å². The summed E-state index contributed by atoms with van der Waals surface area (Å²) < 4.78 is 23.6. The molecule has 140 valence electrons. The van der Waals surface area contributed by atoms with Gasteiger partial charge in [0.25, 0.3) is 0 Å². The number of sulfone groups is 1. The molecule has 26 heavy (non-hydrogen) atoms. The normalized spacial score (nSPS) is 19.1. The van der Waals surface area contributed by atoms with E-state index < -0.39 is 9.84 Å².